The minimum Gasteiger partial charge on any atom is -0.311 e. The summed E-state index contributed by atoms with van der Waals surface area (Å²) in [6.07, 6.45) is 4.12. The summed E-state index contributed by atoms with van der Waals surface area (Å²) >= 11 is 0. The van der Waals surface area contributed by atoms with E-state index in [0.29, 0.717) is 12.1 Å². The maximum Gasteiger partial charge on any atom is 0.0597 e. The van der Waals surface area contributed by atoms with Crippen molar-refractivity contribution in [1.29, 1.82) is 0 Å². The molecule has 1 aliphatic heterocycles. The van der Waals surface area contributed by atoms with Crippen molar-refractivity contribution in [3.63, 3.8) is 0 Å². The summed E-state index contributed by atoms with van der Waals surface area (Å²) < 4.78 is 2.05. The monoisotopic (exact) mass is 290 g/mol. The van der Waals surface area contributed by atoms with Gasteiger partial charge in [-0.1, -0.05) is 13.8 Å². The van der Waals surface area contributed by atoms with E-state index in [-0.39, 0.29) is 0 Å². The molecule has 1 saturated carbocycles. The van der Waals surface area contributed by atoms with Crippen molar-refractivity contribution >= 4 is 0 Å². The molecular weight excluding hydrogens is 260 g/mol. The molecule has 21 heavy (non-hydrogen) atoms. The van der Waals surface area contributed by atoms with E-state index in [0.717, 1.165) is 30.6 Å². The molecule has 0 bridgehead atoms. The van der Waals surface area contributed by atoms with Crippen molar-refractivity contribution in [2.45, 2.75) is 58.7 Å². The van der Waals surface area contributed by atoms with Crippen LogP contribution in [0.25, 0.3) is 0 Å². The van der Waals surface area contributed by atoms with Gasteiger partial charge in [0, 0.05) is 38.8 Å². The average Bonchev–Trinajstić information content (AvgIpc) is 3.19. The Morgan fingerprint density at radius 2 is 2.14 bits per heavy atom. The smallest absolute Gasteiger partial charge is 0.0597 e. The standard InChI is InChI=1S/C17H30N4/c1-12(2)7-15-9-18-17(14-5-6-14)11-21(15)10-16-8-13(3)19-20(16)4/h8,12,14-15,17-18H,5-7,9-11H2,1-4H3. The molecule has 2 atom stereocenters. The zero-order valence-electron chi connectivity index (χ0n) is 14.0. The van der Waals surface area contributed by atoms with Gasteiger partial charge in [-0.2, -0.15) is 5.10 Å². The number of nitrogens with zero attached hydrogens (tertiary/aromatic N) is 3. The average molecular weight is 290 g/mol. The van der Waals surface area contributed by atoms with Gasteiger partial charge in [0.1, 0.15) is 0 Å². The van der Waals surface area contributed by atoms with Gasteiger partial charge in [0.15, 0.2) is 0 Å². The number of hydrogen-bond acceptors (Lipinski definition) is 3. The van der Waals surface area contributed by atoms with E-state index < -0.39 is 0 Å². The van der Waals surface area contributed by atoms with E-state index in [1.807, 2.05) is 0 Å². The Labute approximate surface area is 128 Å². The molecule has 4 nitrogen and oxygen atoms in total. The highest BCUT2D eigenvalue weighted by atomic mass is 15.3. The molecule has 4 heteroatoms. The van der Waals surface area contributed by atoms with Gasteiger partial charge in [-0.15, -0.1) is 0 Å². The van der Waals surface area contributed by atoms with Crippen LogP contribution in [-0.2, 0) is 13.6 Å². The van der Waals surface area contributed by atoms with Crippen LogP contribution in [-0.4, -0.2) is 39.9 Å². The van der Waals surface area contributed by atoms with Crippen LogP contribution in [0.4, 0.5) is 0 Å². The van der Waals surface area contributed by atoms with Crippen LogP contribution in [0.15, 0.2) is 6.07 Å². The van der Waals surface area contributed by atoms with Gasteiger partial charge in [-0.05, 0) is 44.1 Å². The molecule has 0 radical (unpaired) electrons. The Bertz CT molecular complexity index is 475. The van der Waals surface area contributed by atoms with E-state index in [2.05, 4.69) is 53.9 Å². The van der Waals surface area contributed by atoms with Crippen LogP contribution < -0.4 is 5.32 Å². The third kappa shape index (κ3) is 3.67. The normalized spacial score (nSPS) is 27.5. The zero-order chi connectivity index (χ0) is 15.0. The number of hydrogen-bond donors (Lipinski definition) is 1. The summed E-state index contributed by atoms with van der Waals surface area (Å²) in [7, 11) is 2.07. The van der Waals surface area contributed by atoms with E-state index >= 15 is 0 Å². The second-order valence-electron chi connectivity index (χ2n) is 7.47. The number of piperazine rings is 1. The summed E-state index contributed by atoms with van der Waals surface area (Å²) in [6.45, 7) is 10.1. The first-order chi connectivity index (χ1) is 10.0. The lowest BCUT2D eigenvalue weighted by molar-refractivity contribution is 0.0974. The zero-order valence-corrected chi connectivity index (χ0v) is 14.0. The lowest BCUT2D eigenvalue weighted by Gasteiger charge is -2.41. The van der Waals surface area contributed by atoms with Gasteiger partial charge in [0.2, 0.25) is 0 Å². The van der Waals surface area contributed by atoms with Crippen molar-refractivity contribution in [2.75, 3.05) is 13.1 Å². The highest BCUT2D eigenvalue weighted by molar-refractivity contribution is 5.09. The number of rotatable bonds is 5. The Morgan fingerprint density at radius 3 is 2.71 bits per heavy atom. The fourth-order valence-electron chi connectivity index (χ4n) is 3.69. The molecule has 2 aliphatic rings. The topological polar surface area (TPSA) is 33.1 Å². The van der Waals surface area contributed by atoms with Gasteiger partial charge in [-0.3, -0.25) is 9.58 Å². The van der Waals surface area contributed by atoms with Crippen LogP contribution >= 0.6 is 0 Å². The molecule has 1 N–H and O–H groups in total. The van der Waals surface area contributed by atoms with Crippen molar-refractivity contribution in [3.05, 3.63) is 17.5 Å². The third-order valence-electron chi connectivity index (χ3n) is 4.96. The molecule has 0 amide bonds. The Morgan fingerprint density at radius 1 is 1.38 bits per heavy atom. The van der Waals surface area contributed by atoms with Gasteiger partial charge in [-0.25, -0.2) is 0 Å². The first kappa shape index (κ1) is 15.0. The summed E-state index contributed by atoms with van der Waals surface area (Å²) in [6, 6.07) is 3.61. The summed E-state index contributed by atoms with van der Waals surface area (Å²) in [5.41, 5.74) is 2.47. The van der Waals surface area contributed by atoms with Crippen LogP contribution in [0.2, 0.25) is 0 Å². The second-order valence-corrected chi connectivity index (χ2v) is 7.47. The molecule has 1 aromatic heterocycles. The first-order valence-electron chi connectivity index (χ1n) is 8.50. The van der Waals surface area contributed by atoms with Gasteiger partial charge >= 0.3 is 0 Å². The van der Waals surface area contributed by atoms with Crippen molar-refractivity contribution in [2.24, 2.45) is 18.9 Å². The predicted octanol–water partition coefficient (Wildman–Crippen LogP) is 2.33. The Kier molecular flexibility index (Phi) is 4.36. The summed E-state index contributed by atoms with van der Waals surface area (Å²) in [5.74, 6) is 1.69. The number of aromatic nitrogens is 2. The predicted molar refractivity (Wildman–Crippen MR) is 86.1 cm³/mol. The van der Waals surface area contributed by atoms with E-state index in [9.17, 15) is 0 Å². The third-order valence-corrected chi connectivity index (χ3v) is 4.96. The highest BCUT2D eigenvalue weighted by Gasteiger charge is 2.37. The molecule has 3 rings (SSSR count). The van der Waals surface area contributed by atoms with Crippen LogP contribution in [0.3, 0.4) is 0 Å². The minimum absolute atomic E-state index is 0.662. The van der Waals surface area contributed by atoms with E-state index in [4.69, 9.17) is 0 Å². The molecule has 0 aromatic carbocycles. The van der Waals surface area contributed by atoms with Crippen molar-refractivity contribution < 1.29 is 0 Å². The second kappa shape index (κ2) is 6.09. The van der Waals surface area contributed by atoms with Gasteiger partial charge in [0.05, 0.1) is 11.4 Å². The van der Waals surface area contributed by atoms with Crippen molar-refractivity contribution in [3.8, 4) is 0 Å². The molecule has 2 fully saturated rings. The maximum atomic E-state index is 4.50. The quantitative estimate of drug-likeness (QED) is 0.903. The molecule has 118 valence electrons. The highest BCUT2D eigenvalue weighted by Crippen LogP contribution is 2.35. The summed E-state index contributed by atoms with van der Waals surface area (Å²) in [5, 5.41) is 8.31. The number of aryl methyl sites for hydroxylation is 2. The molecule has 1 saturated heterocycles. The molecule has 1 aliphatic carbocycles. The van der Waals surface area contributed by atoms with Crippen LogP contribution in [0.5, 0.6) is 0 Å². The SMILES string of the molecule is Cc1cc(CN2CC(C3CC3)NCC2CC(C)C)n(C)n1. The maximum absolute atomic E-state index is 4.50. The largest absolute Gasteiger partial charge is 0.311 e. The molecule has 1 aromatic rings. The Hall–Kier alpha value is -0.870. The fourth-order valence-corrected chi connectivity index (χ4v) is 3.69. The van der Waals surface area contributed by atoms with Gasteiger partial charge < -0.3 is 5.32 Å². The van der Waals surface area contributed by atoms with E-state index in [1.165, 1.54) is 31.5 Å². The lowest BCUT2D eigenvalue weighted by atomic mass is 9.97. The molecule has 0 spiro atoms. The lowest BCUT2D eigenvalue weighted by Crippen LogP contribution is -2.57. The molecule has 2 heterocycles. The minimum atomic E-state index is 0.662. The number of nitrogens with one attached hydrogen (secondary N) is 1. The van der Waals surface area contributed by atoms with Crippen LogP contribution in [0, 0.1) is 18.8 Å². The van der Waals surface area contributed by atoms with E-state index in [1.54, 1.807) is 0 Å². The Balaban J connectivity index is 1.70. The fraction of sp³-hybridized carbons (Fsp3) is 0.824. The molecule has 2 unspecified atom stereocenters. The van der Waals surface area contributed by atoms with Crippen molar-refractivity contribution in [1.82, 2.24) is 20.0 Å². The summed E-state index contributed by atoms with van der Waals surface area (Å²) in [4.78, 5) is 2.70. The van der Waals surface area contributed by atoms with Crippen LogP contribution in [0.1, 0.15) is 44.5 Å². The molecular formula is C17H30N4. The van der Waals surface area contributed by atoms with Gasteiger partial charge in [0.25, 0.3) is 0 Å². The first-order valence-corrected chi connectivity index (χ1v) is 8.50.